The minimum Gasteiger partial charge on any atom is -0.396 e. The van der Waals surface area contributed by atoms with Gasteiger partial charge in [0.05, 0.1) is 22.1 Å². The van der Waals surface area contributed by atoms with E-state index in [1.165, 1.54) is 4.52 Å². The van der Waals surface area contributed by atoms with Gasteiger partial charge in [-0.05, 0) is 12.1 Å². The molecule has 0 bridgehead atoms. The fourth-order valence-electron chi connectivity index (χ4n) is 3.59. The fraction of sp³-hybridized carbons (Fsp3) is 0. The first-order valence-electron chi connectivity index (χ1n) is 9.18. The van der Waals surface area contributed by atoms with Crippen molar-refractivity contribution in [2.75, 3.05) is 5.73 Å². The van der Waals surface area contributed by atoms with E-state index in [1.807, 2.05) is 6.07 Å². The Morgan fingerprint density at radius 2 is 1.77 bits per heavy atom. The molecule has 0 saturated heterocycles. The monoisotopic (exact) mass is 408 g/mol. The fourth-order valence-corrected chi connectivity index (χ4v) is 3.59. The number of nitrogens with two attached hydrogens (primary N) is 1. The molecular weight excluding hydrogens is 396 g/mol. The van der Waals surface area contributed by atoms with Crippen molar-refractivity contribution in [2.45, 2.75) is 0 Å². The minimum atomic E-state index is -0.760. The van der Waals surface area contributed by atoms with Gasteiger partial charge >= 0.3 is 0 Å². The molecule has 9 nitrogen and oxygen atoms in total. The van der Waals surface area contributed by atoms with Gasteiger partial charge in [-0.25, -0.2) is 4.52 Å². The van der Waals surface area contributed by atoms with Crippen molar-refractivity contribution in [2.24, 2.45) is 0 Å². The molecule has 0 unspecified atom stereocenters. The summed E-state index contributed by atoms with van der Waals surface area (Å²) in [6.45, 7) is 0. The van der Waals surface area contributed by atoms with Crippen LogP contribution in [-0.2, 0) is 0 Å². The molecule has 3 aromatic heterocycles. The van der Waals surface area contributed by atoms with Gasteiger partial charge in [0.25, 0.3) is 11.1 Å². The Morgan fingerprint density at radius 3 is 2.52 bits per heavy atom. The summed E-state index contributed by atoms with van der Waals surface area (Å²) in [6.07, 6.45) is 0. The van der Waals surface area contributed by atoms with Crippen LogP contribution in [0.4, 0.5) is 5.69 Å². The first-order valence-corrected chi connectivity index (χ1v) is 9.18. The second-order valence-corrected chi connectivity index (χ2v) is 6.82. The van der Waals surface area contributed by atoms with Crippen LogP contribution in [-0.4, -0.2) is 25.4 Å². The third-order valence-electron chi connectivity index (χ3n) is 5.05. The van der Waals surface area contributed by atoms with E-state index in [0.29, 0.717) is 10.9 Å². The van der Waals surface area contributed by atoms with Crippen LogP contribution in [0.15, 0.2) is 64.2 Å². The number of para-hydroxylation sites is 1. The largest absolute Gasteiger partial charge is 0.396 e. The van der Waals surface area contributed by atoms with Crippen LogP contribution in [0, 0.1) is 11.3 Å². The van der Waals surface area contributed by atoms with Gasteiger partial charge in [0.1, 0.15) is 22.7 Å². The van der Waals surface area contributed by atoms with Crippen LogP contribution in [0.3, 0.4) is 0 Å². The second-order valence-electron chi connectivity index (χ2n) is 6.82. The number of H-pyrrole nitrogens is 1. The van der Waals surface area contributed by atoms with Crippen LogP contribution in [0.5, 0.6) is 0 Å². The lowest BCUT2D eigenvalue weighted by Gasteiger charge is -2.12. The molecule has 0 aliphatic rings. The van der Waals surface area contributed by atoms with E-state index in [4.69, 9.17) is 5.73 Å². The van der Waals surface area contributed by atoms with Crippen molar-refractivity contribution >= 4 is 39.1 Å². The average Bonchev–Trinajstić information content (AvgIpc) is 2.79. The molecule has 0 fully saturated rings. The van der Waals surface area contributed by atoms with E-state index < -0.39 is 16.9 Å². The van der Waals surface area contributed by atoms with E-state index in [-0.39, 0.29) is 39.1 Å². The number of nitriles is 1. The smallest absolute Gasteiger partial charge is 0.281 e. The summed E-state index contributed by atoms with van der Waals surface area (Å²) in [5.74, 6) is -0.565. The molecule has 0 aliphatic carbocycles. The van der Waals surface area contributed by atoms with E-state index in [1.54, 1.807) is 54.6 Å². The Hall–Kier alpha value is -4.84. The molecule has 3 N–H and O–H groups in total. The number of nitrogens with zero attached hydrogens (tertiary/aromatic N) is 4. The Bertz CT molecular complexity index is 1710. The average molecular weight is 408 g/mol. The highest BCUT2D eigenvalue weighted by Gasteiger charge is 2.23. The Kier molecular flexibility index (Phi) is 3.88. The molecule has 148 valence electrons. The minimum absolute atomic E-state index is 0.0109. The molecule has 5 aromatic rings. The third kappa shape index (κ3) is 2.59. The molecular formula is C22H12N6O3. The summed E-state index contributed by atoms with van der Waals surface area (Å²) in [7, 11) is 0. The van der Waals surface area contributed by atoms with E-state index in [2.05, 4.69) is 15.1 Å². The van der Waals surface area contributed by atoms with E-state index in [9.17, 15) is 19.6 Å². The van der Waals surface area contributed by atoms with Gasteiger partial charge in [-0.2, -0.15) is 15.3 Å². The van der Waals surface area contributed by atoms with Crippen LogP contribution in [0.1, 0.15) is 21.5 Å². The molecule has 0 saturated carbocycles. The normalized spacial score (nSPS) is 11.1. The lowest BCUT2D eigenvalue weighted by molar-refractivity contribution is 0.103. The van der Waals surface area contributed by atoms with Crippen molar-refractivity contribution < 1.29 is 4.79 Å². The lowest BCUT2D eigenvalue weighted by Crippen LogP contribution is -2.23. The third-order valence-corrected chi connectivity index (χ3v) is 5.05. The zero-order valence-electron chi connectivity index (χ0n) is 15.8. The Morgan fingerprint density at radius 1 is 1.06 bits per heavy atom. The van der Waals surface area contributed by atoms with Crippen molar-refractivity contribution in [3.63, 3.8) is 0 Å². The van der Waals surface area contributed by atoms with Crippen LogP contribution >= 0.6 is 0 Å². The van der Waals surface area contributed by atoms with Crippen molar-refractivity contribution in [1.29, 1.82) is 5.26 Å². The van der Waals surface area contributed by atoms with Crippen LogP contribution in [0.25, 0.3) is 27.6 Å². The highest BCUT2D eigenvalue weighted by molar-refractivity contribution is 6.15. The Balaban J connectivity index is 1.95. The van der Waals surface area contributed by atoms with E-state index in [0.717, 1.165) is 0 Å². The quantitative estimate of drug-likeness (QED) is 0.257. The number of nitrogen functional groups attached to an aromatic ring is 1. The molecule has 0 radical (unpaired) electrons. The predicted octanol–water partition coefficient (Wildman–Crippen LogP) is 1.77. The maximum atomic E-state index is 13.0. The number of nitrogens with one attached hydrogen (secondary N) is 1. The highest BCUT2D eigenvalue weighted by atomic mass is 16.1. The summed E-state index contributed by atoms with van der Waals surface area (Å²) in [5, 5.41) is 14.5. The molecule has 0 spiro atoms. The molecule has 9 heteroatoms. The number of rotatable bonds is 2. The van der Waals surface area contributed by atoms with Crippen LogP contribution < -0.4 is 16.9 Å². The molecule has 0 atom stereocenters. The zero-order chi connectivity index (χ0) is 21.7. The maximum absolute atomic E-state index is 13.0. The number of anilines is 1. The molecule has 2 aromatic carbocycles. The number of fused-ring (bicyclic) bond motifs is 4. The summed E-state index contributed by atoms with van der Waals surface area (Å²) >= 11 is 0. The number of hydrogen-bond donors (Lipinski definition) is 2. The van der Waals surface area contributed by atoms with Gasteiger partial charge in [-0.1, -0.05) is 42.5 Å². The van der Waals surface area contributed by atoms with E-state index >= 15 is 0 Å². The van der Waals surface area contributed by atoms with Gasteiger partial charge in [0.2, 0.25) is 5.78 Å². The second kappa shape index (κ2) is 6.60. The number of benzene rings is 2. The maximum Gasteiger partial charge on any atom is 0.281 e. The van der Waals surface area contributed by atoms with Gasteiger partial charge in [0, 0.05) is 5.56 Å². The first kappa shape index (κ1) is 18.2. The summed E-state index contributed by atoms with van der Waals surface area (Å²) in [5.41, 5.74) is 5.20. The number of hydrogen-bond acceptors (Lipinski definition) is 7. The lowest BCUT2D eigenvalue weighted by atomic mass is 10.0. The molecule has 5 rings (SSSR count). The summed E-state index contributed by atoms with van der Waals surface area (Å²) in [6, 6.07) is 16.9. The molecule has 3 heterocycles. The predicted molar refractivity (Wildman–Crippen MR) is 114 cm³/mol. The van der Waals surface area contributed by atoms with Gasteiger partial charge in [-0.15, -0.1) is 0 Å². The van der Waals surface area contributed by atoms with Crippen molar-refractivity contribution in [1.82, 2.24) is 19.6 Å². The highest BCUT2D eigenvalue weighted by Crippen LogP contribution is 2.25. The molecule has 0 aliphatic heterocycles. The first-order chi connectivity index (χ1) is 15.0. The SMILES string of the molecule is N#Cc1c2[nH]c(=O)c(C(=O)c3ccccc3)c(N)c2nn2c1nc(=O)c1ccccc12. The number of carbonyl (C=O) groups is 1. The summed E-state index contributed by atoms with van der Waals surface area (Å²) in [4.78, 5) is 44.7. The number of ketones is 1. The topological polar surface area (TPSA) is 147 Å². The summed E-state index contributed by atoms with van der Waals surface area (Å²) < 4.78 is 1.32. The number of carbonyl (C=O) groups excluding carboxylic acids is 1. The van der Waals surface area contributed by atoms with Gasteiger partial charge in [-0.3, -0.25) is 14.4 Å². The van der Waals surface area contributed by atoms with Crippen LogP contribution in [0.2, 0.25) is 0 Å². The van der Waals surface area contributed by atoms with Gasteiger partial charge in [0.15, 0.2) is 5.65 Å². The molecule has 31 heavy (non-hydrogen) atoms. The van der Waals surface area contributed by atoms with Crippen molar-refractivity contribution in [3.05, 3.63) is 92.0 Å². The number of aromatic amines is 1. The Labute approximate surface area is 173 Å². The standard InChI is InChI=1S/C22H12N6O3/c23-10-13-17-18(27-28-14-9-5-4-8-12(14)21(30)26-20(13)28)16(24)15(22(31)25-17)19(29)11-6-2-1-3-7-11/h1-9H,24H2,(H,25,31). The zero-order valence-corrected chi connectivity index (χ0v) is 15.8. The van der Waals surface area contributed by atoms with Gasteiger partial charge < -0.3 is 10.7 Å². The number of aromatic nitrogens is 4. The number of pyridine rings is 1. The molecule has 0 amide bonds. The van der Waals surface area contributed by atoms with Crippen molar-refractivity contribution in [3.8, 4) is 6.07 Å².